The Labute approximate surface area is 103 Å². The van der Waals surface area contributed by atoms with Gasteiger partial charge in [0.1, 0.15) is 0 Å². The zero-order valence-electron chi connectivity index (χ0n) is 9.34. The van der Waals surface area contributed by atoms with Crippen LogP contribution in [0.5, 0.6) is 0 Å². The summed E-state index contributed by atoms with van der Waals surface area (Å²) in [6.45, 7) is 2.11. The number of nitrogens with zero attached hydrogens (tertiary/aromatic N) is 2. The molecular weight excluding hydrogens is 232 g/mol. The van der Waals surface area contributed by atoms with Crippen molar-refractivity contribution in [3.05, 3.63) is 41.0 Å². The second-order valence-electron chi connectivity index (χ2n) is 3.95. The van der Waals surface area contributed by atoms with Crippen molar-refractivity contribution in [3.8, 4) is 0 Å². The maximum Gasteiger partial charge on any atom is 0.0795 e. The third-order valence-electron chi connectivity index (χ3n) is 2.72. The molecule has 0 radical (unpaired) electrons. The number of thiazole rings is 1. The van der Waals surface area contributed by atoms with Gasteiger partial charge in [-0.25, -0.2) is 4.98 Å². The van der Waals surface area contributed by atoms with Crippen LogP contribution in [0.25, 0.3) is 10.9 Å². The second kappa shape index (κ2) is 4.18. The summed E-state index contributed by atoms with van der Waals surface area (Å²) < 4.78 is 0. The van der Waals surface area contributed by atoms with Crippen LogP contribution in [0.2, 0.25) is 0 Å². The van der Waals surface area contributed by atoms with E-state index in [0.717, 1.165) is 22.3 Å². The fourth-order valence-electron chi connectivity index (χ4n) is 1.79. The first kappa shape index (κ1) is 10.3. The van der Waals surface area contributed by atoms with Crippen molar-refractivity contribution in [2.75, 3.05) is 5.32 Å². The molecule has 1 unspecified atom stereocenters. The summed E-state index contributed by atoms with van der Waals surface area (Å²) >= 11 is 1.62. The summed E-state index contributed by atoms with van der Waals surface area (Å²) in [6.07, 6.45) is 1.83. The molecule has 2 heterocycles. The molecule has 1 atom stereocenters. The molecule has 0 spiro atoms. The van der Waals surface area contributed by atoms with Crippen LogP contribution >= 0.6 is 11.3 Å². The van der Waals surface area contributed by atoms with Crippen molar-refractivity contribution in [3.63, 3.8) is 0 Å². The molecule has 3 aromatic rings. The molecule has 1 aromatic carbocycles. The van der Waals surface area contributed by atoms with Gasteiger partial charge < -0.3 is 5.32 Å². The molecule has 2 aromatic heterocycles. The fraction of sp³-hybridized carbons (Fsp3) is 0.167. The monoisotopic (exact) mass is 244 g/mol. The lowest BCUT2D eigenvalue weighted by molar-refractivity contribution is 0.850. The number of anilines is 1. The summed E-state index contributed by atoms with van der Waals surface area (Å²) in [6, 6.07) is 6.37. The predicted octanol–water partition coefficient (Wildman–Crippen LogP) is 3.19. The molecule has 3 rings (SSSR count). The number of benzene rings is 1. The lowest BCUT2D eigenvalue weighted by Gasteiger charge is -2.12. The van der Waals surface area contributed by atoms with Crippen molar-refractivity contribution in [1.82, 2.24) is 15.2 Å². The van der Waals surface area contributed by atoms with E-state index < -0.39 is 0 Å². The molecule has 0 aliphatic heterocycles. The molecular formula is C12H12N4S. The Bertz CT molecular complexity index is 614. The van der Waals surface area contributed by atoms with Gasteiger partial charge >= 0.3 is 0 Å². The van der Waals surface area contributed by atoms with E-state index in [9.17, 15) is 0 Å². The van der Waals surface area contributed by atoms with E-state index in [-0.39, 0.29) is 6.04 Å². The van der Waals surface area contributed by atoms with E-state index in [1.54, 1.807) is 11.3 Å². The summed E-state index contributed by atoms with van der Waals surface area (Å²) in [5.41, 5.74) is 5.06. The molecule has 2 N–H and O–H groups in total. The van der Waals surface area contributed by atoms with Gasteiger partial charge in [0.25, 0.3) is 0 Å². The standard InChI is InChI=1S/C12H12N4S/c1-8(12-6-17-7-13-12)15-10-2-3-11-9(4-10)5-14-16-11/h2-8,15H,1H3,(H,14,16). The number of hydrogen-bond acceptors (Lipinski definition) is 4. The highest BCUT2D eigenvalue weighted by atomic mass is 32.1. The van der Waals surface area contributed by atoms with Crippen LogP contribution in [-0.2, 0) is 0 Å². The van der Waals surface area contributed by atoms with Crippen LogP contribution in [0.4, 0.5) is 5.69 Å². The SMILES string of the molecule is CC(Nc1ccc2[nH]ncc2c1)c1cscn1. The summed E-state index contributed by atoms with van der Waals surface area (Å²) in [5.74, 6) is 0. The van der Waals surface area contributed by atoms with E-state index in [0.29, 0.717) is 0 Å². The second-order valence-corrected chi connectivity index (χ2v) is 4.67. The highest BCUT2D eigenvalue weighted by Gasteiger charge is 2.07. The van der Waals surface area contributed by atoms with Gasteiger partial charge in [-0.1, -0.05) is 0 Å². The van der Waals surface area contributed by atoms with E-state index in [1.807, 2.05) is 23.8 Å². The first-order chi connectivity index (χ1) is 8.33. The molecule has 0 bridgehead atoms. The summed E-state index contributed by atoms with van der Waals surface area (Å²) in [4.78, 5) is 4.30. The number of aromatic amines is 1. The largest absolute Gasteiger partial charge is 0.377 e. The number of nitrogens with one attached hydrogen (secondary N) is 2. The minimum Gasteiger partial charge on any atom is -0.377 e. The summed E-state index contributed by atoms with van der Waals surface area (Å²) in [7, 11) is 0. The zero-order chi connectivity index (χ0) is 11.7. The molecule has 0 saturated heterocycles. The minimum atomic E-state index is 0.214. The lowest BCUT2D eigenvalue weighted by Crippen LogP contribution is -2.06. The molecule has 0 amide bonds. The maximum absolute atomic E-state index is 4.30. The highest BCUT2D eigenvalue weighted by molar-refractivity contribution is 7.07. The van der Waals surface area contributed by atoms with E-state index in [2.05, 4.69) is 38.9 Å². The Morgan fingerprint density at radius 3 is 3.18 bits per heavy atom. The van der Waals surface area contributed by atoms with Gasteiger partial charge in [0.05, 0.1) is 29.0 Å². The van der Waals surface area contributed by atoms with Gasteiger partial charge in [0.2, 0.25) is 0 Å². The smallest absolute Gasteiger partial charge is 0.0795 e. The molecule has 0 saturated carbocycles. The van der Waals surface area contributed by atoms with Crippen molar-refractivity contribution < 1.29 is 0 Å². The average molecular weight is 244 g/mol. The number of H-pyrrole nitrogens is 1. The average Bonchev–Trinajstić information content (AvgIpc) is 2.99. The Morgan fingerprint density at radius 1 is 1.41 bits per heavy atom. The third-order valence-corrected chi connectivity index (χ3v) is 3.32. The Hall–Kier alpha value is -1.88. The number of hydrogen-bond donors (Lipinski definition) is 2. The number of fused-ring (bicyclic) bond motifs is 1. The van der Waals surface area contributed by atoms with Crippen molar-refractivity contribution in [2.24, 2.45) is 0 Å². The van der Waals surface area contributed by atoms with Crippen LogP contribution in [0.15, 0.2) is 35.3 Å². The van der Waals surface area contributed by atoms with Crippen molar-refractivity contribution >= 4 is 27.9 Å². The molecule has 0 fully saturated rings. The van der Waals surface area contributed by atoms with Gasteiger partial charge in [-0.2, -0.15) is 5.10 Å². The molecule has 0 aliphatic carbocycles. The maximum atomic E-state index is 4.30. The van der Waals surface area contributed by atoms with Gasteiger partial charge in [0, 0.05) is 16.5 Å². The van der Waals surface area contributed by atoms with Crippen LogP contribution in [-0.4, -0.2) is 15.2 Å². The van der Waals surface area contributed by atoms with Crippen LogP contribution in [0, 0.1) is 0 Å². The topological polar surface area (TPSA) is 53.6 Å². The van der Waals surface area contributed by atoms with Crippen LogP contribution in [0.3, 0.4) is 0 Å². The lowest BCUT2D eigenvalue weighted by atomic mass is 10.2. The zero-order valence-corrected chi connectivity index (χ0v) is 10.2. The quantitative estimate of drug-likeness (QED) is 0.744. The van der Waals surface area contributed by atoms with Crippen molar-refractivity contribution in [1.29, 1.82) is 0 Å². The number of aromatic nitrogens is 3. The molecule has 17 heavy (non-hydrogen) atoms. The summed E-state index contributed by atoms with van der Waals surface area (Å²) in [5, 5.41) is 13.6. The van der Waals surface area contributed by atoms with Crippen LogP contribution in [0.1, 0.15) is 18.7 Å². The van der Waals surface area contributed by atoms with E-state index in [4.69, 9.17) is 0 Å². The molecule has 86 valence electrons. The predicted molar refractivity (Wildman–Crippen MR) is 70.2 cm³/mol. The van der Waals surface area contributed by atoms with Gasteiger partial charge in [0.15, 0.2) is 0 Å². The van der Waals surface area contributed by atoms with Crippen molar-refractivity contribution in [2.45, 2.75) is 13.0 Å². The minimum absolute atomic E-state index is 0.214. The van der Waals surface area contributed by atoms with E-state index >= 15 is 0 Å². The molecule has 5 heteroatoms. The fourth-order valence-corrected chi connectivity index (χ4v) is 2.44. The van der Waals surface area contributed by atoms with Crippen LogP contribution < -0.4 is 5.32 Å². The highest BCUT2D eigenvalue weighted by Crippen LogP contribution is 2.22. The molecule has 0 aliphatic rings. The van der Waals surface area contributed by atoms with Gasteiger partial charge in [-0.3, -0.25) is 5.10 Å². The molecule has 4 nitrogen and oxygen atoms in total. The third kappa shape index (κ3) is 2.01. The first-order valence-electron chi connectivity index (χ1n) is 5.41. The van der Waals surface area contributed by atoms with E-state index in [1.165, 1.54) is 0 Å². The normalized spacial score (nSPS) is 12.8. The Morgan fingerprint density at radius 2 is 2.35 bits per heavy atom. The Kier molecular flexibility index (Phi) is 2.53. The number of rotatable bonds is 3. The van der Waals surface area contributed by atoms with Gasteiger partial charge in [-0.05, 0) is 25.1 Å². The first-order valence-corrected chi connectivity index (χ1v) is 6.35. The van der Waals surface area contributed by atoms with Gasteiger partial charge in [-0.15, -0.1) is 11.3 Å². The Balaban J connectivity index is 1.84.